The molecule has 0 bridgehead atoms. The Morgan fingerprint density at radius 3 is 2.91 bits per heavy atom. The van der Waals surface area contributed by atoms with Gasteiger partial charge >= 0.3 is 6.09 Å². The number of para-hydroxylation sites is 1. The lowest BCUT2D eigenvalue weighted by Gasteiger charge is -2.39. The number of halogens is 1. The molecule has 2 aliphatic rings. The van der Waals surface area contributed by atoms with Crippen LogP contribution in [0.1, 0.15) is 12.8 Å². The summed E-state index contributed by atoms with van der Waals surface area (Å²) in [5, 5.41) is 1.68. The van der Waals surface area contributed by atoms with Crippen molar-refractivity contribution in [2.24, 2.45) is 0 Å². The maximum Gasteiger partial charge on any atom is 0.410 e. The number of aromatic nitrogens is 1. The van der Waals surface area contributed by atoms with Crippen molar-refractivity contribution in [1.29, 1.82) is 0 Å². The van der Waals surface area contributed by atoms with Crippen LogP contribution in [0, 0.1) is 0 Å². The lowest BCUT2D eigenvalue weighted by Crippen LogP contribution is -2.50. The minimum atomic E-state index is -0.415. The number of nitrogens with zero attached hydrogens (tertiary/aromatic N) is 3. The molecule has 1 aromatic heterocycles. The van der Waals surface area contributed by atoms with E-state index in [1.54, 1.807) is 11.9 Å². The molecule has 23 heavy (non-hydrogen) atoms. The highest BCUT2D eigenvalue weighted by molar-refractivity contribution is 6.35. The molecule has 6 heteroatoms. The Balaban J connectivity index is 1.65. The number of anilines is 1. The number of piperidine rings is 1. The third-order valence-electron chi connectivity index (χ3n) is 4.66. The minimum absolute atomic E-state index is 0.235. The molecule has 2 saturated heterocycles. The van der Waals surface area contributed by atoms with Crippen LogP contribution in [0.3, 0.4) is 0 Å². The van der Waals surface area contributed by atoms with Crippen molar-refractivity contribution in [3.05, 3.63) is 35.4 Å². The SMILES string of the molecule is CN1CC2(CCCN(c3ccc4cccc(Cl)c4n3)C2)OC1=O. The standard InChI is InChI=1S/C17H18ClN3O2/c1-20-10-17(23-16(20)22)8-3-9-21(11-17)14-7-6-12-4-2-5-13(18)15(12)19-14/h2,4-7H,3,8-11H2,1H3. The molecule has 0 saturated carbocycles. The van der Waals surface area contributed by atoms with Gasteiger partial charge in [-0.1, -0.05) is 23.7 Å². The summed E-state index contributed by atoms with van der Waals surface area (Å²) < 4.78 is 5.66. The summed E-state index contributed by atoms with van der Waals surface area (Å²) in [6, 6.07) is 9.83. The third kappa shape index (κ3) is 2.49. The first-order chi connectivity index (χ1) is 11.1. The predicted molar refractivity (Wildman–Crippen MR) is 90.0 cm³/mol. The van der Waals surface area contributed by atoms with E-state index in [4.69, 9.17) is 21.3 Å². The number of carbonyl (C=O) groups is 1. The first-order valence-corrected chi connectivity index (χ1v) is 8.19. The first-order valence-electron chi connectivity index (χ1n) is 7.81. The van der Waals surface area contributed by atoms with Crippen LogP contribution in [0.15, 0.2) is 30.3 Å². The van der Waals surface area contributed by atoms with Crippen LogP contribution in [0.5, 0.6) is 0 Å². The second-order valence-corrected chi connectivity index (χ2v) is 6.82. The number of fused-ring (bicyclic) bond motifs is 1. The Kier molecular flexibility index (Phi) is 3.34. The van der Waals surface area contributed by atoms with Gasteiger partial charge < -0.3 is 14.5 Å². The number of hydrogen-bond donors (Lipinski definition) is 0. The maximum atomic E-state index is 11.8. The smallest absolute Gasteiger partial charge is 0.410 e. The average molecular weight is 332 g/mol. The molecule has 2 aliphatic heterocycles. The number of amides is 1. The van der Waals surface area contributed by atoms with E-state index >= 15 is 0 Å². The average Bonchev–Trinajstić information content (AvgIpc) is 2.81. The van der Waals surface area contributed by atoms with Crippen molar-refractivity contribution in [1.82, 2.24) is 9.88 Å². The highest BCUT2D eigenvalue weighted by Gasteiger charge is 2.46. The molecule has 1 spiro atoms. The summed E-state index contributed by atoms with van der Waals surface area (Å²) in [6.45, 7) is 2.22. The maximum absolute atomic E-state index is 11.8. The Morgan fingerprint density at radius 2 is 2.13 bits per heavy atom. The van der Waals surface area contributed by atoms with Gasteiger partial charge in [0.15, 0.2) is 0 Å². The zero-order valence-corrected chi connectivity index (χ0v) is 13.7. The van der Waals surface area contributed by atoms with Crippen LogP contribution in [0.2, 0.25) is 5.02 Å². The molecule has 1 aromatic carbocycles. The minimum Gasteiger partial charge on any atom is -0.439 e. The Bertz CT molecular complexity index is 782. The summed E-state index contributed by atoms with van der Waals surface area (Å²) >= 11 is 6.27. The molecule has 0 N–H and O–H groups in total. The lowest BCUT2D eigenvalue weighted by atomic mass is 9.93. The van der Waals surface area contributed by atoms with Crippen molar-refractivity contribution >= 4 is 34.4 Å². The second kappa shape index (κ2) is 5.27. The highest BCUT2D eigenvalue weighted by Crippen LogP contribution is 2.34. The molecule has 1 atom stereocenters. The first kappa shape index (κ1) is 14.6. The van der Waals surface area contributed by atoms with E-state index in [0.29, 0.717) is 18.1 Å². The molecule has 1 amide bonds. The summed E-state index contributed by atoms with van der Waals surface area (Å²) in [7, 11) is 1.78. The number of pyridine rings is 1. The van der Waals surface area contributed by atoms with Gasteiger partial charge in [0.05, 0.1) is 23.6 Å². The van der Waals surface area contributed by atoms with Crippen molar-refractivity contribution in [2.75, 3.05) is 31.6 Å². The third-order valence-corrected chi connectivity index (χ3v) is 4.97. The van der Waals surface area contributed by atoms with Crippen LogP contribution in [-0.4, -0.2) is 48.3 Å². The van der Waals surface area contributed by atoms with E-state index in [1.165, 1.54) is 0 Å². The molecular weight excluding hydrogens is 314 g/mol. The molecule has 2 aromatic rings. The summed E-state index contributed by atoms with van der Waals surface area (Å²) in [5.41, 5.74) is 0.396. The van der Waals surface area contributed by atoms with E-state index in [9.17, 15) is 4.79 Å². The van der Waals surface area contributed by atoms with Crippen LogP contribution < -0.4 is 4.90 Å². The molecule has 0 radical (unpaired) electrons. The summed E-state index contributed by atoms with van der Waals surface area (Å²) in [6.07, 6.45) is 1.64. The van der Waals surface area contributed by atoms with Gasteiger partial charge in [-0.3, -0.25) is 0 Å². The van der Waals surface area contributed by atoms with E-state index < -0.39 is 5.60 Å². The highest BCUT2D eigenvalue weighted by atomic mass is 35.5. The molecule has 120 valence electrons. The summed E-state index contributed by atoms with van der Waals surface area (Å²) in [4.78, 5) is 20.3. The number of rotatable bonds is 1. The van der Waals surface area contributed by atoms with Crippen molar-refractivity contribution in [3.63, 3.8) is 0 Å². The predicted octanol–water partition coefficient (Wildman–Crippen LogP) is 3.31. The molecule has 5 nitrogen and oxygen atoms in total. The van der Waals surface area contributed by atoms with Gasteiger partial charge in [-0.05, 0) is 31.0 Å². The van der Waals surface area contributed by atoms with Crippen molar-refractivity contribution in [2.45, 2.75) is 18.4 Å². The normalized spacial score (nSPS) is 24.5. The van der Waals surface area contributed by atoms with Gasteiger partial charge in [0.2, 0.25) is 0 Å². The molecule has 4 rings (SSSR count). The number of likely N-dealkylation sites (N-methyl/N-ethyl adjacent to an activating group) is 1. The van der Waals surface area contributed by atoms with E-state index in [0.717, 1.165) is 36.1 Å². The van der Waals surface area contributed by atoms with E-state index in [1.807, 2.05) is 30.3 Å². The molecule has 3 heterocycles. The van der Waals surface area contributed by atoms with Crippen molar-refractivity contribution < 1.29 is 9.53 Å². The van der Waals surface area contributed by atoms with Gasteiger partial charge in [-0.2, -0.15) is 0 Å². The van der Waals surface area contributed by atoms with Gasteiger partial charge in [0, 0.05) is 19.0 Å². The number of carbonyl (C=O) groups excluding carboxylic acids is 1. The van der Waals surface area contributed by atoms with Crippen molar-refractivity contribution in [3.8, 4) is 0 Å². The Labute approximate surface area is 139 Å². The Hall–Kier alpha value is -2.01. The fraction of sp³-hybridized carbons (Fsp3) is 0.412. The topological polar surface area (TPSA) is 45.7 Å². The quantitative estimate of drug-likeness (QED) is 0.804. The molecular formula is C17H18ClN3O2. The van der Waals surface area contributed by atoms with Crippen LogP contribution >= 0.6 is 11.6 Å². The van der Waals surface area contributed by atoms with E-state index in [-0.39, 0.29) is 6.09 Å². The number of hydrogen-bond acceptors (Lipinski definition) is 4. The van der Waals surface area contributed by atoms with Gasteiger partial charge in [0.25, 0.3) is 0 Å². The van der Waals surface area contributed by atoms with Crippen LogP contribution in [0.25, 0.3) is 10.9 Å². The van der Waals surface area contributed by atoms with Gasteiger partial charge in [-0.25, -0.2) is 9.78 Å². The van der Waals surface area contributed by atoms with Crippen LogP contribution in [0.4, 0.5) is 10.6 Å². The number of benzene rings is 1. The van der Waals surface area contributed by atoms with Gasteiger partial charge in [0.1, 0.15) is 11.4 Å². The zero-order chi connectivity index (χ0) is 16.0. The Morgan fingerprint density at radius 1 is 1.26 bits per heavy atom. The zero-order valence-electron chi connectivity index (χ0n) is 13.0. The van der Waals surface area contributed by atoms with Crippen LogP contribution in [-0.2, 0) is 4.74 Å². The van der Waals surface area contributed by atoms with Gasteiger partial charge in [-0.15, -0.1) is 0 Å². The monoisotopic (exact) mass is 331 g/mol. The molecule has 1 unspecified atom stereocenters. The molecule has 0 aliphatic carbocycles. The lowest BCUT2D eigenvalue weighted by molar-refractivity contribution is 0.0445. The van der Waals surface area contributed by atoms with E-state index in [2.05, 4.69) is 4.90 Å². The second-order valence-electron chi connectivity index (χ2n) is 6.41. The fourth-order valence-corrected chi connectivity index (χ4v) is 3.80. The fourth-order valence-electron chi connectivity index (χ4n) is 3.57. The molecule has 2 fully saturated rings. The number of ether oxygens (including phenoxy) is 1. The largest absolute Gasteiger partial charge is 0.439 e. The summed E-state index contributed by atoms with van der Waals surface area (Å²) in [5.74, 6) is 0.885.